The molecule has 1 unspecified atom stereocenters. The number of nitrogens with one attached hydrogen (secondary N) is 2. The standard InChI is InChI=1S/C26H26F3N7O2/c1-16-12-22(36(33-16)17-8-4-3-5-9-17)24(37)30-23-13-20(31-32-23)21-10-6-7-11-35(21)25(38)18-14-34(2)15-19(18)26(27,28)29/h3-5,8-9,12-15,21H,6-7,10-11H2,1-2H3,(H2,30,31,32,37). The highest BCUT2D eigenvalue weighted by molar-refractivity contribution is 6.03. The second-order valence-electron chi connectivity index (χ2n) is 9.34. The lowest BCUT2D eigenvalue weighted by molar-refractivity contribution is -0.138. The fourth-order valence-corrected chi connectivity index (χ4v) is 4.81. The maximum atomic E-state index is 13.6. The Hall–Kier alpha value is -4.35. The van der Waals surface area contributed by atoms with Crippen LogP contribution in [0.3, 0.4) is 0 Å². The van der Waals surface area contributed by atoms with Gasteiger partial charge in [-0.15, -0.1) is 0 Å². The summed E-state index contributed by atoms with van der Waals surface area (Å²) in [5, 5.41) is 14.2. The van der Waals surface area contributed by atoms with E-state index in [1.54, 1.807) is 19.1 Å². The van der Waals surface area contributed by atoms with E-state index >= 15 is 0 Å². The number of aromatic nitrogens is 5. The van der Waals surface area contributed by atoms with Gasteiger partial charge in [0, 0.05) is 32.1 Å². The van der Waals surface area contributed by atoms with Crippen molar-refractivity contribution >= 4 is 17.6 Å². The molecule has 1 saturated heterocycles. The highest BCUT2D eigenvalue weighted by atomic mass is 19.4. The van der Waals surface area contributed by atoms with Gasteiger partial charge in [0.1, 0.15) is 5.69 Å². The van der Waals surface area contributed by atoms with Crippen LogP contribution in [0.1, 0.15) is 63.1 Å². The number of rotatable bonds is 5. The number of anilines is 1. The van der Waals surface area contributed by atoms with E-state index in [4.69, 9.17) is 0 Å². The Morgan fingerprint density at radius 2 is 1.87 bits per heavy atom. The first-order chi connectivity index (χ1) is 18.1. The topological polar surface area (TPSA) is 101 Å². The zero-order valence-electron chi connectivity index (χ0n) is 20.8. The van der Waals surface area contributed by atoms with E-state index in [1.807, 2.05) is 30.3 Å². The second kappa shape index (κ2) is 9.84. The number of alkyl halides is 3. The molecule has 0 aliphatic carbocycles. The van der Waals surface area contributed by atoms with E-state index in [0.717, 1.165) is 18.3 Å². The average molecular weight is 526 g/mol. The normalized spacial score (nSPS) is 16.0. The Kier molecular flexibility index (Phi) is 6.55. The summed E-state index contributed by atoms with van der Waals surface area (Å²) in [5.41, 5.74) is 0.893. The van der Waals surface area contributed by atoms with Crippen LogP contribution in [0.25, 0.3) is 5.69 Å². The summed E-state index contributed by atoms with van der Waals surface area (Å²) in [7, 11) is 1.45. The minimum absolute atomic E-state index is 0.233. The van der Waals surface area contributed by atoms with Crippen molar-refractivity contribution in [3.05, 3.63) is 83.1 Å². The molecule has 4 heterocycles. The van der Waals surface area contributed by atoms with Crippen molar-refractivity contribution in [3.63, 3.8) is 0 Å². The van der Waals surface area contributed by atoms with Crippen molar-refractivity contribution in [3.8, 4) is 5.69 Å². The predicted molar refractivity (Wildman–Crippen MR) is 133 cm³/mol. The molecule has 1 aliphatic heterocycles. The van der Waals surface area contributed by atoms with Gasteiger partial charge in [0.25, 0.3) is 11.8 Å². The maximum Gasteiger partial charge on any atom is 0.418 e. The van der Waals surface area contributed by atoms with Gasteiger partial charge in [0.05, 0.1) is 34.2 Å². The Morgan fingerprint density at radius 3 is 2.61 bits per heavy atom. The highest BCUT2D eigenvalue weighted by Crippen LogP contribution is 2.36. The van der Waals surface area contributed by atoms with Crippen LogP contribution in [-0.4, -0.2) is 47.8 Å². The Morgan fingerprint density at radius 1 is 1.11 bits per heavy atom. The number of para-hydroxylation sites is 1. The predicted octanol–water partition coefficient (Wildman–Crippen LogP) is 4.88. The summed E-state index contributed by atoms with van der Waals surface area (Å²) < 4.78 is 43.5. The minimum atomic E-state index is -4.65. The molecular weight excluding hydrogens is 499 g/mol. The van der Waals surface area contributed by atoms with Gasteiger partial charge in [0.2, 0.25) is 0 Å². The van der Waals surface area contributed by atoms with Crippen molar-refractivity contribution < 1.29 is 22.8 Å². The number of likely N-dealkylation sites (tertiary alicyclic amines) is 1. The summed E-state index contributed by atoms with van der Waals surface area (Å²) in [4.78, 5) is 27.9. The van der Waals surface area contributed by atoms with Gasteiger partial charge < -0.3 is 14.8 Å². The van der Waals surface area contributed by atoms with Crippen molar-refractivity contribution in [1.29, 1.82) is 0 Å². The van der Waals surface area contributed by atoms with Crippen molar-refractivity contribution in [1.82, 2.24) is 29.4 Å². The molecule has 3 aromatic heterocycles. The highest BCUT2D eigenvalue weighted by Gasteiger charge is 2.39. The Labute approximate surface area is 216 Å². The number of aryl methyl sites for hydroxylation is 2. The van der Waals surface area contributed by atoms with Crippen molar-refractivity contribution in [2.24, 2.45) is 7.05 Å². The van der Waals surface area contributed by atoms with Crippen LogP contribution in [0.15, 0.2) is 54.9 Å². The molecule has 198 valence electrons. The third-order valence-electron chi connectivity index (χ3n) is 6.52. The van der Waals surface area contributed by atoms with E-state index in [-0.39, 0.29) is 11.4 Å². The second-order valence-corrected chi connectivity index (χ2v) is 9.34. The van der Waals surface area contributed by atoms with Gasteiger partial charge in [-0.2, -0.15) is 23.4 Å². The third-order valence-corrected chi connectivity index (χ3v) is 6.52. The number of H-pyrrole nitrogens is 1. The molecular formula is C26H26F3N7O2. The van der Waals surface area contributed by atoms with E-state index in [9.17, 15) is 22.8 Å². The van der Waals surface area contributed by atoms with Crippen LogP contribution >= 0.6 is 0 Å². The number of carbonyl (C=O) groups excluding carboxylic acids is 2. The number of piperidine rings is 1. The summed E-state index contributed by atoms with van der Waals surface area (Å²) in [5.74, 6) is -0.884. The third kappa shape index (κ3) is 4.93. The molecule has 2 amide bonds. The molecule has 1 aliphatic rings. The molecule has 1 aromatic carbocycles. The van der Waals surface area contributed by atoms with Crippen LogP contribution in [0.4, 0.5) is 19.0 Å². The van der Waals surface area contributed by atoms with Crippen LogP contribution in [0.5, 0.6) is 0 Å². The minimum Gasteiger partial charge on any atom is -0.356 e. The number of carbonyl (C=O) groups is 2. The van der Waals surface area contributed by atoms with Gasteiger partial charge in [-0.3, -0.25) is 14.7 Å². The molecule has 0 spiro atoms. The first-order valence-electron chi connectivity index (χ1n) is 12.1. The maximum absolute atomic E-state index is 13.6. The number of benzene rings is 1. The number of halogens is 3. The summed E-state index contributed by atoms with van der Waals surface area (Å²) >= 11 is 0. The van der Waals surface area contributed by atoms with Crippen LogP contribution in [-0.2, 0) is 13.2 Å². The first kappa shape index (κ1) is 25.3. The van der Waals surface area contributed by atoms with Gasteiger partial charge in [-0.1, -0.05) is 18.2 Å². The fourth-order valence-electron chi connectivity index (χ4n) is 4.81. The lowest BCUT2D eigenvalue weighted by atomic mass is 9.98. The Bertz CT molecular complexity index is 1470. The fraction of sp³-hybridized carbons (Fsp3) is 0.308. The van der Waals surface area contributed by atoms with Gasteiger partial charge >= 0.3 is 6.18 Å². The molecule has 5 rings (SSSR count). The lowest BCUT2D eigenvalue weighted by Crippen LogP contribution is -2.39. The number of amides is 2. The number of hydrogen-bond acceptors (Lipinski definition) is 4. The van der Waals surface area contributed by atoms with E-state index in [1.165, 1.54) is 27.4 Å². The molecule has 0 bridgehead atoms. The molecule has 1 atom stereocenters. The van der Waals surface area contributed by atoms with Crippen molar-refractivity contribution in [2.45, 2.75) is 38.4 Å². The van der Waals surface area contributed by atoms with E-state index in [0.29, 0.717) is 36.5 Å². The number of hydrogen-bond donors (Lipinski definition) is 2. The molecule has 12 heteroatoms. The van der Waals surface area contributed by atoms with E-state index in [2.05, 4.69) is 20.6 Å². The van der Waals surface area contributed by atoms with E-state index < -0.39 is 29.6 Å². The molecule has 38 heavy (non-hydrogen) atoms. The molecule has 2 N–H and O–H groups in total. The van der Waals surface area contributed by atoms with Crippen LogP contribution in [0, 0.1) is 6.92 Å². The molecule has 0 radical (unpaired) electrons. The summed E-state index contributed by atoms with van der Waals surface area (Å²) in [6.07, 6.45) is -0.503. The number of aromatic amines is 1. The monoisotopic (exact) mass is 525 g/mol. The zero-order valence-corrected chi connectivity index (χ0v) is 20.8. The quantitative estimate of drug-likeness (QED) is 0.388. The molecule has 9 nitrogen and oxygen atoms in total. The lowest BCUT2D eigenvalue weighted by Gasteiger charge is -2.35. The SMILES string of the molecule is Cc1cc(C(=O)Nc2cc(C3CCCCN3C(=O)c3cn(C)cc3C(F)(F)F)[nH]n2)n(-c2ccccc2)n1. The van der Waals surface area contributed by atoms with Gasteiger partial charge in [-0.05, 0) is 44.4 Å². The summed E-state index contributed by atoms with van der Waals surface area (Å²) in [6, 6.07) is 12.0. The smallest absolute Gasteiger partial charge is 0.356 e. The van der Waals surface area contributed by atoms with Gasteiger partial charge in [-0.25, -0.2) is 4.68 Å². The first-order valence-corrected chi connectivity index (χ1v) is 12.1. The van der Waals surface area contributed by atoms with Gasteiger partial charge in [0.15, 0.2) is 5.82 Å². The largest absolute Gasteiger partial charge is 0.418 e. The van der Waals surface area contributed by atoms with Crippen LogP contribution < -0.4 is 5.32 Å². The molecule has 4 aromatic rings. The number of nitrogens with zero attached hydrogens (tertiary/aromatic N) is 5. The Balaban J connectivity index is 1.37. The van der Waals surface area contributed by atoms with Crippen LogP contribution in [0.2, 0.25) is 0 Å². The van der Waals surface area contributed by atoms with Crippen molar-refractivity contribution in [2.75, 3.05) is 11.9 Å². The molecule has 0 saturated carbocycles. The zero-order chi connectivity index (χ0) is 27.0. The summed E-state index contributed by atoms with van der Waals surface area (Å²) in [6.45, 7) is 2.10. The average Bonchev–Trinajstić information content (AvgIpc) is 3.62. The molecule has 1 fully saturated rings.